The summed E-state index contributed by atoms with van der Waals surface area (Å²) in [5.74, 6) is 0. The highest BCUT2D eigenvalue weighted by molar-refractivity contribution is 7.98. The van der Waals surface area contributed by atoms with Crippen LogP contribution in [0.25, 0.3) is 0 Å². The SMILES string of the molecule is CSc1ccc(CN2C[C@H](O)[C@@H](N3CCOCC3)C2)cc1. The molecule has 0 spiro atoms. The normalized spacial score (nSPS) is 28.1. The number of hydrogen-bond acceptors (Lipinski definition) is 5. The second-order valence-corrected chi connectivity index (χ2v) is 6.70. The fourth-order valence-corrected chi connectivity index (χ4v) is 3.64. The maximum absolute atomic E-state index is 10.3. The number of aliphatic hydroxyl groups is 1. The fraction of sp³-hybridized carbons (Fsp3) is 0.625. The van der Waals surface area contributed by atoms with E-state index in [1.54, 1.807) is 11.8 Å². The Morgan fingerprint density at radius 3 is 2.57 bits per heavy atom. The van der Waals surface area contributed by atoms with Crippen LogP contribution in [0, 0.1) is 0 Å². The maximum Gasteiger partial charge on any atom is 0.0834 e. The summed E-state index contributed by atoms with van der Waals surface area (Å²) >= 11 is 1.77. The monoisotopic (exact) mass is 308 g/mol. The fourth-order valence-electron chi connectivity index (χ4n) is 3.23. The van der Waals surface area contributed by atoms with Gasteiger partial charge in [0.1, 0.15) is 0 Å². The Kier molecular flexibility index (Phi) is 5.19. The molecule has 2 saturated heterocycles. The summed E-state index contributed by atoms with van der Waals surface area (Å²) in [6, 6.07) is 9.00. The van der Waals surface area contributed by atoms with E-state index >= 15 is 0 Å². The number of ether oxygens (including phenoxy) is 1. The molecule has 21 heavy (non-hydrogen) atoms. The first kappa shape index (κ1) is 15.3. The van der Waals surface area contributed by atoms with E-state index in [0.717, 1.165) is 45.9 Å². The third-order valence-corrected chi connectivity index (χ3v) is 5.16. The molecule has 1 aromatic carbocycles. The number of rotatable bonds is 4. The predicted octanol–water partition coefficient (Wildman–Crippen LogP) is 1.29. The lowest BCUT2D eigenvalue weighted by Gasteiger charge is -2.33. The minimum absolute atomic E-state index is 0.242. The second-order valence-electron chi connectivity index (χ2n) is 5.83. The molecular weight excluding hydrogens is 284 g/mol. The van der Waals surface area contributed by atoms with Crippen LogP contribution in [0.2, 0.25) is 0 Å². The Bertz CT molecular complexity index is 448. The molecule has 116 valence electrons. The van der Waals surface area contributed by atoms with Crippen LogP contribution in [0.1, 0.15) is 5.56 Å². The smallest absolute Gasteiger partial charge is 0.0834 e. The van der Waals surface area contributed by atoms with E-state index in [1.165, 1.54) is 10.5 Å². The van der Waals surface area contributed by atoms with Gasteiger partial charge < -0.3 is 9.84 Å². The van der Waals surface area contributed by atoms with Gasteiger partial charge in [-0.25, -0.2) is 0 Å². The number of nitrogens with zero attached hydrogens (tertiary/aromatic N) is 2. The summed E-state index contributed by atoms with van der Waals surface area (Å²) in [6.45, 7) is 6.11. The van der Waals surface area contributed by atoms with Gasteiger partial charge in [0.25, 0.3) is 0 Å². The van der Waals surface area contributed by atoms with E-state index in [1.807, 2.05) is 0 Å². The van der Waals surface area contributed by atoms with Crippen molar-refractivity contribution in [3.8, 4) is 0 Å². The average molecular weight is 308 g/mol. The third kappa shape index (κ3) is 3.79. The molecule has 0 aliphatic carbocycles. The van der Waals surface area contributed by atoms with Crippen molar-refractivity contribution >= 4 is 11.8 Å². The van der Waals surface area contributed by atoms with Gasteiger partial charge in [0.2, 0.25) is 0 Å². The molecule has 0 radical (unpaired) electrons. The highest BCUT2D eigenvalue weighted by Gasteiger charge is 2.35. The van der Waals surface area contributed by atoms with Crippen molar-refractivity contribution in [2.24, 2.45) is 0 Å². The van der Waals surface area contributed by atoms with E-state index in [2.05, 4.69) is 40.3 Å². The van der Waals surface area contributed by atoms with Crippen molar-refractivity contribution in [2.45, 2.75) is 23.6 Å². The first-order valence-corrected chi connectivity index (χ1v) is 8.84. The molecule has 1 aromatic rings. The van der Waals surface area contributed by atoms with Gasteiger partial charge in [0.15, 0.2) is 0 Å². The van der Waals surface area contributed by atoms with Crippen molar-refractivity contribution in [2.75, 3.05) is 45.6 Å². The topological polar surface area (TPSA) is 35.9 Å². The summed E-state index contributed by atoms with van der Waals surface area (Å²) in [4.78, 5) is 6.04. The minimum Gasteiger partial charge on any atom is -0.390 e. The Labute approximate surface area is 131 Å². The Morgan fingerprint density at radius 1 is 1.19 bits per heavy atom. The molecule has 5 heteroatoms. The number of thioether (sulfide) groups is 1. The first-order valence-electron chi connectivity index (χ1n) is 7.61. The summed E-state index contributed by atoms with van der Waals surface area (Å²) in [5.41, 5.74) is 1.32. The predicted molar refractivity (Wildman–Crippen MR) is 85.7 cm³/mol. The van der Waals surface area contributed by atoms with Gasteiger partial charge in [-0.3, -0.25) is 9.80 Å². The number of hydrogen-bond donors (Lipinski definition) is 1. The molecule has 2 atom stereocenters. The Balaban J connectivity index is 1.57. The van der Waals surface area contributed by atoms with E-state index < -0.39 is 0 Å². The van der Waals surface area contributed by atoms with Gasteiger partial charge in [0.05, 0.1) is 19.3 Å². The lowest BCUT2D eigenvalue weighted by Crippen LogP contribution is -2.48. The molecule has 0 aromatic heterocycles. The summed E-state index contributed by atoms with van der Waals surface area (Å²) < 4.78 is 5.40. The van der Waals surface area contributed by atoms with Crippen LogP contribution in [0.3, 0.4) is 0 Å². The van der Waals surface area contributed by atoms with Gasteiger partial charge in [-0.15, -0.1) is 11.8 Å². The van der Waals surface area contributed by atoms with Crippen LogP contribution in [0.5, 0.6) is 0 Å². The van der Waals surface area contributed by atoms with Gasteiger partial charge >= 0.3 is 0 Å². The number of aliphatic hydroxyl groups excluding tert-OH is 1. The molecule has 2 aliphatic heterocycles. The van der Waals surface area contributed by atoms with Crippen LogP contribution < -0.4 is 0 Å². The molecule has 0 bridgehead atoms. The van der Waals surface area contributed by atoms with Gasteiger partial charge in [-0.05, 0) is 24.0 Å². The zero-order chi connectivity index (χ0) is 14.7. The van der Waals surface area contributed by atoms with Crippen LogP contribution >= 0.6 is 11.8 Å². The second kappa shape index (κ2) is 7.11. The zero-order valence-electron chi connectivity index (χ0n) is 12.6. The molecule has 1 N–H and O–H groups in total. The van der Waals surface area contributed by atoms with E-state index in [-0.39, 0.29) is 12.1 Å². The van der Waals surface area contributed by atoms with Crippen molar-refractivity contribution < 1.29 is 9.84 Å². The number of morpholine rings is 1. The Morgan fingerprint density at radius 2 is 1.90 bits per heavy atom. The largest absolute Gasteiger partial charge is 0.390 e. The lowest BCUT2D eigenvalue weighted by molar-refractivity contribution is -0.00618. The molecule has 0 amide bonds. The highest BCUT2D eigenvalue weighted by Crippen LogP contribution is 2.21. The molecular formula is C16H24N2O2S. The number of β-amino-alcohol motifs (C(OH)–C–C–N with tert-alkyl or cyclic N) is 1. The third-order valence-electron chi connectivity index (χ3n) is 4.41. The number of benzene rings is 1. The molecule has 0 unspecified atom stereocenters. The van der Waals surface area contributed by atoms with Crippen molar-refractivity contribution in [1.82, 2.24) is 9.80 Å². The van der Waals surface area contributed by atoms with Gasteiger partial charge in [0, 0.05) is 43.7 Å². The van der Waals surface area contributed by atoms with Gasteiger partial charge in [-0.1, -0.05) is 12.1 Å². The molecule has 4 nitrogen and oxygen atoms in total. The van der Waals surface area contributed by atoms with E-state index in [0.29, 0.717) is 0 Å². The first-order chi connectivity index (χ1) is 10.3. The van der Waals surface area contributed by atoms with Crippen LogP contribution in [-0.4, -0.2) is 72.7 Å². The van der Waals surface area contributed by atoms with Crippen LogP contribution in [0.15, 0.2) is 29.2 Å². The lowest BCUT2D eigenvalue weighted by atomic mass is 10.1. The molecule has 2 aliphatic rings. The van der Waals surface area contributed by atoms with Crippen molar-refractivity contribution in [3.05, 3.63) is 29.8 Å². The van der Waals surface area contributed by atoms with Crippen molar-refractivity contribution in [1.29, 1.82) is 0 Å². The maximum atomic E-state index is 10.3. The summed E-state index contributed by atoms with van der Waals surface area (Å²) in [5, 5.41) is 10.3. The van der Waals surface area contributed by atoms with Crippen LogP contribution in [-0.2, 0) is 11.3 Å². The molecule has 2 fully saturated rings. The number of likely N-dealkylation sites (tertiary alicyclic amines) is 1. The summed E-state index contributed by atoms with van der Waals surface area (Å²) in [7, 11) is 0. The van der Waals surface area contributed by atoms with Crippen LogP contribution in [0.4, 0.5) is 0 Å². The Hall–Kier alpha value is -0.590. The minimum atomic E-state index is -0.242. The average Bonchev–Trinajstić information content (AvgIpc) is 2.89. The zero-order valence-corrected chi connectivity index (χ0v) is 13.4. The van der Waals surface area contributed by atoms with E-state index in [4.69, 9.17) is 4.74 Å². The standard InChI is InChI=1S/C16H24N2O2S/c1-21-14-4-2-13(3-5-14)10-17-11-15(16(19)12-17)18-6-8-20-9-7-18/h2-5,15-16,19H,6-12H2,1H3/t15-,16-/m0/s1. The van der Waals surface area contributed by atoms with Crippen molar-refractivity contribution in [3.63, 3.8) is 0 Å². The molecule has 3 rings (SSSR count). The molecule has 2 heterocycles. The van der Waals surface area contributed by atoms with Gasteiger partial charge in [-0.2, -0.15) is 0 Å². The summed E-state index contributed by atoms with van der Waals surface area (Å²) in [6.07, 6.45) is 1.85. The molecule has 0 saturated carbocycles. The van der Waals surface area contributed by atoms with E-state index in [9.17, 15) is 5.11 Å². The quantitative estimate of drug-likeness (QED) is 0.848. The highest BCUT2D eigenvalue weighted by atomic mass is 32.2.